The molecule has 2 bridgehead atoms. The minimum atomic E-state index is -1.40. The highest BCUT2D eigenvalue weighted by molar-refractivity contribution is 9.09. The lowest BCUT2D eigenvalue weighted by molar-refractivity contribution is -0.162. The van der Waals surface area contributed by atoms with Gasteiger partial charge in [0.15, 0.2) is 0 Å². The van der Waals surface area contributed by atoms with Crippen LogP contribution in [0.4, 0.5) is 5.69 Å². The van der Waals surface area contributed by atoms with Crippen molar-refractivity contribution < 1.29 is 33.8 Å². The molecule has 49 heavy (non-hydrogen) atoms. The van der Waals surface area contributed by atoms with Gasteiger partial charge in [0.1, 0.15) is 17.7 Å². The highest BCUT2D eigenvalue weighted by Gasteiger charge is 2.77. The number of alkyl halides is 1. The summed E-state index contributed by atoms with van der Waals surface area (Å²) in [5.41, 5.74) is 0.489. The number of para-hydroxylation sites is 1. The Morgan fingerprint density at radius 1 is 1.18 bits per heavy atom. The molecular formula is C37H43BrClN3O7. The number of allylic oxidation sites excluding steroid dienone is 1. The number of anilines is 1. The maximum atomic E-state index is 14.8. The molecule has 3 fully saturated rings. The second-order valence-electron chi connectivity index (χ2n) is 13.0. The summed E-state index contributed by atoms with van der Waals surface area (Å²) in [4.78, 5) is 58.9. The van der Waals surface area contributed by atoms with E-state index in [2.05, 4.69) is 34.4 Å². The molecule has 262 valence electrons. The number of carbonyl (C=O) groups excluding carboxylic acids is 4. The monoisotopic (exact) mass is 755 g/mol. The summed E-state index contributed by atoms with van der Waals surface area (Å²) in [5.74, 6) is -3.95. The van der Waals surface area contributed by atoms with Crippen LogP contribution >= 0.6 is 27.5 Å². The zero-order valence-electron chi connectivity index (χ0n) is 27.9. The molecule has 3 amide bonds. The summed E-state index contributed by atoms with van der Waals surface area (Å²) >= 11 is 10.3. The van der Waals surface area contributed by atoms with Crippen molar-refractivity contribution in [3.8, 4) is 0 Å². The molecule has 3 aliphatic heterocycles. The quantitative estimate of drug-likeness (QED) is 0.157. The smallest absolute Gasteiger partial charge is 0.313 e. The number of halogens is 2. The molecule has 2 N–H and O–H groups in total. The normalized spacial score (nSPS) is 27.2. The number of carbonyl (C=O) groups is 4. The Morgan fingerprint density at radius 3 is 2.53 bits per heavy atom. The van der Waals surface area contributed by atoms with Gasteiger partial charge in [-0.1, -0.05) is 82.1 Å². The Kier molecular flexibility index (Phi) is 11.4. The molecule has 1 unspecified atom stereocenters. The van der Waals surface area contributed by atoms with Gasteiger partial charge in [0, 0.05) is 17.8 Å². The molecule has 5 rings (SSSR count). The number of ether oxygens (including phenoxy) is 2. The van der Waals surface area contributed by atoms with Crippen molar-refractivity contribution >= 4 is 56.9 Å². The summed E-state index contributed by atoms with van der Waals surface area (Å²) in [5, 5.41) is 13.6. The Bertz CT molecular complexity index is 1590. The van der Waals surface area contributed by atoms with E-state index in [4.69, 9.17) is 21.1 Å². The molecule has 10 nitrogen and oxygen atoms in total. The topological polar surface area (TPSA) is 125 Å². The van der Waals surface area contributed by atoms with E-state index in [0.717, 1.165) is 5.56 Å². The van der Waals surface area contributed by atoms with Crippen LogP contribution in [0.5, 0.6) is 0 Å². The molecule has 2 aromatic rings. The van der Waals surface area contributed by atoms with Crippen molar-refractivity contribution in [1.82, 2.24) is 10.2 Å². The Morgan fingerprint density at radius 2 is 1.90 bits per heavy atom. The van der Waals surface area contributed by atoms with Gasteiger partial charge in [-0.15, -0.1) is 13.2 Å². The minimum Gasteiger partial charge on any atom is -0.455 e. The number of benzene rings is 2. The molecule has 9 atom stereocenters. The Labute approximate surface area is 300 Å². The van der Waals surface area contributed by atoms with Crippen LogP contribution in [0.15, 0.2) is 73.8 Å². The number of aliphatic hydroxyl groups excluding tert-OH is 1. The average Bonchev–Trinajstić information content (AvgIpc) is 3.68. The number of amides is 3. The molecule has 12 heteroatoms. The number of esters is 1. The van der Waals surface area contributed by atoms with E-state index < -0.39 is 72.2 Å². The van der Waals surface area contributed by atoms with E-state index >= 15 is 0 Å². The standard InChI is InChI=1S/C37H43BrClN3O7/c1-6-8-17-27(44)40-23(5)31(24-14-10-9-11-15-24)48-36(47)28-29-34(45)42(22(4)20-43)33(37(29)19-25(38)32(28)49-37)35(46)41(18-7-2)30-21(3)13-12-16-26(30)39/h6-7,9-16,22-23,25,28-29,31-33,43H,1-2,8,17-20H2,3-5H3,(H,40,44)/t22-,23-,25?,28+,29-,31-,32+,33+,37-/m1/s1. The minimum absolute atomic E-state index is 0.0952. The first-order valence-electron chi connectivity index (χ1n) is 16.5. The van der Waals surface area contributed by atoms with Gasteiger partial charge in [0.05, 0.1) is 47.3 Å². The van der Waals surface area contributed by atoms with E-state index in [9.17, 15) is 24.3 Å². The van der Waals surface area contributed by atoms with Gasteiger partial charge in [-0.3, -0.25) is 19.2 Å². The average molecular weight is 757 g/mol. The number of hydrogen-bond donors (Lipinski definition) is 2. The number of aryl methyl sites for hydroxylation is 1. The molecule has 2 aromatic carbocycles. The zero-order chi connectivity index (χ0) is 35.6. The third-order valence-corrected chi connectivity index (χ3v) is 10.9. The largest absolute Gasteiger partial charge is 0.455 e. The molecular weight excluding hydrogens is 714 g/mol. The maximum Gasteiger partial charge on any atom is 0.313 e. The van der Waals surface area contributed by atoms with Gasteiger partial charge in [0.2, 0.25) is 11.8 Å². The molecule has 3 heterocycles. The van der Waals surface area contributed by atoms with Crippen molar-refractivity contribution in [1.29, 1.82) is 0 Å². The van der Waals surface area contributed by atoms with Gasteiger partial charge in [-0.25, -0.2) is 0 Å². The Hall–Kier alpha value is -3.51. The van der Waals surface area contributed by atoms with E-state index in [1.54, 1.807) is 50.3 Å². The predicted octanol–water partition coefficient (Wildman–Crippen LogP) is 5.05. The molecule has 3 aliphatic rings. The fourth-order valence-electron chi connectivity index (χ4n) is 7.65. The maximum absolute atomic E-state index is 14.8. The first kappa shape index (κ1) is 36.8. The van der Waals surface area contributed by atoms with Gasteiger partial charge in [-0.2, -0.15) is 0 Å². The molecule has 0 aromatic heterocycles. The van der Waals surface area contributed by atoms with Crippen LogP contribution in [0.25, 0.3) is 0 Å². The van der Waals surface area contributed by atoms with Crippen LogP contribution in [0.2, 0.25) is 5.02 Å². The van der Waals surface area contributed by atoms with Crippen molar-refractivity contribution in [2.24, 2.45) is 11.8 Å². The summed E-state index contributed by atoms with van der Waals surface area (Å²) in [7, 11) is 0. The van der Waals surface area contributed by atoms with E-state index in [1.165, 1.54) is 9.80 Å². The van der Waals surface area contributed by atoms with Crippen molar-refractivity contribution in [3.05, 3.63) is 90.0 Å². The highest BCUT2D eigenvalue weighted by Crippen LogP contribution is 2.61. The third-order valence-electron chi connectivity index (χ3n) is 9.80. The number of hydrogen-bond acceptors (Lipinski definition) is 7. The van der Waals surface area contributed by atoms with Crippen molar-refractivity contribution in [3.63, 3.8) is 0 Å². The van der Waals surface area contributed by atoms with Gasteiger partial charge >= 0.3 is 5.97 Å². The van der Waals surface area contributed by atoms with E-state index in [-0.39, 0.29) is 30.1 Å². The van der Waals surface area contributed by atoms with Crippen LogP contribution in [0.1, 0.15) is 50.3 Å². The van der Waals surface area contributed by atoms with Gasteiger partial charge in [-0.05, 0) is 50.8 Å². The van der Waals surface area contributed by atoms with E-state index in [0.29, 0.717) is 22.7 Å². The van der Waals surface area contributed by atoms with Gasteiger partial charge in [0.25, 0.3) is 5.91 Å². The molecule has 0 radical (unpaired) electrons. The molecule has 3 saturated heterocycles. The Balaban J connectivity index is 1.53. The first-order valence-corrected chi connectivity index (χ1v) is 17.8. The van der Waals surface area contributed by atoms with Crippen LogP contribution < -0.4 is 10.2 Å². The predicted molar refractivity (Wildman–Crippen MR) is 190 cm³/mol. The highest BCUT2D eigenvalue weighted by atomic mass is 79.9. The SMILES string of the molecule is C=CCCC(=O)N[C@H](C)[C@@H](OC(=O)[C@@H]1[C@H]2O[C@@]3(CC2Br)[C@H](C(=O)N(CC=C)c2c(C)cccc2Cl)N([C@H](C)CO)C(=O)[C@@H]13)c1ccccc1. The summed E-state index contributed by atoms with van der Waals surface area (Å²) < 4.78 is 12.9. The van der Waals surface area contributed by atoms with E-state index in [1.807, 2.05) is 31.2 Å². The lowest BCUT2D eigenvalue weighted by atomic mass is 9.70. The van der Waals surface area contributed by atoms with Crippen LogP contribution in [-0.4, -0.2) is 81.5 Å². The number of aliphatic hydroxyl groups is 1. The van der Waals surface area contributed by atoms with Crippen LogP contribution in [0, 0.1) is 18.8 Å². The lowest BCUT2D eigenvalue weighted by Gasteiger charge is -2.39. The van der Waals surface area contributed by atoms with Crippen LogP contribution in [0.3, 0.4) is 0 Å². The lowest BCUT2D eigenvalue weighted by Crippen LogP contribution is -2.59. The number of fused-ring (bicyclic) bond motifs is 1. The number of rotatable bonds is 14. The molecule has 0 saturated carbocycles. The summed E-state index contributed by atoms with van der Waals surface area (Å²) in [6, 6.07) is 11.8. The number of nitrogens with one attached hydrogen (secondary N) is 1. The molecule has 1 spiro atoms. The fourth-order valence-corrected chi connectivity index (χ4v) is 8.92. The third kappa shape index (κ3) is 6.70. The number of nitrogens with zero attached hydrogens (tertiary/aromatic N) is 2. The summed E-state index contributed by atoms with van der Waals surface area (Å²) in [6.07, 6.45) is 2.58. The molecule has 0 aliphatic carbocycles. The zero-order valence-corrected chi connectivity index (χ0v) is 30.2. The van der Waals surface area contributed by atoms with Crippen molar-refractivity contribution in [2.45, 2.75) is 80.8 Å². The number of likely N-dealkylation sites (tertiary alicyclic amines) is 1. The van der Waals surface area contributed by atoms with Crippen molar-refractivity contribution in [2.75, 3.05) is 18.1 Å². The summed E-state index contributed by atoms with van der Waals surface area (Å²) in [6.45, 7) is 12.4. The first-order chi connectivity index (χ1) is 23.4. The van der Waals surface area contributed by atoms with Gasteiger partial charge < -0.3 is 29.7 Å². The second-order valence-corrected chi connectivity index (χ2v) is 14.6. The second kappa shape index (κ2) is 15.2. The van der Waals surface area contributed by atoms with Crippen LogP contribution in [-0.2, 0) is 28.7 Å². The fraction of sp³-hybridized carbons (Fsp3) is 0.459.